The van der Waals surface area contributed by atoms with E-state index >= 15 is 0 Å². The maximum absolute atomic E-state index is 8.70. The lowest BCUT2D eigenvalue weighted by atomic mass is 10.2. The zero-order valence-electron chi connectivity index (χ0n) is 9.94. The second-order valence-corrected chi connectivity index (χ2v) is 5.21. The average Bonchev–Trinajstić information content (AvgIpc) is 2.35. The summed E-state index contributed by atoms with van der Waals surface area (Å²) in [6.07, 6.45) is 5.07. The predicted octanol–water partition coefficient (Wildman–Crippen LogP) is 3.68. The van der Waals surface area contributed by atoms with Crippen molar-refractivity contribution in [3.05, 3.63) is 45.6 Å². The number of benzene rings is 1. The Morgan fingerprint density at radius 3 is 2.71 bits per heavy atom. The summed E-state index contributed by atoms with van der Waals surface area (Å²) in [6.45, 7) is 1.64. The molecular weight excluding hydrogens is 327 g/mol. The number of unbranched alkanes of at least 4 members (excludes halogenated alkanes) is 1. The van der Waals surface area contributed by atoms with Crippen molar-refractivity contribution in [2.75, 3.05) is 13.2 Å². The normalized spacial score (nSPS) is 11.8. The monoisotopic (exact) mass is 346 g/mol. The maximum Gasteiger partial charge on any atom is 0.0716 e. The molecule has 0 unspecified atom stereocenters. The molecule has 0 aliphatic heterocycles. The van der Waals surface area contributed by atoms with Crippen LogP contribution in [-0.2, 0) is 11.3 Å². The average molecular weight is 346 g/mol. The fraction of sp³-hybridized carbons (Fsp3) is 0.429. The van der Waals surface area contributed by atoms with Crippen molar-refractivity contribution < 1.29 is 9.84 Å². The molecule has 0 saturated heterocycles. The van der Waals surface area contributed by atoms with Gasteiger partial charge in [0.05, 0.1) is 13.2 Å². The van der Waals surface area contributed by atoms with E-state index in [0.717, 1.165) is 25.9 Å². The van der Waals surface area contributed by atoms with Crippen LogP contribution in [0.3, 0.4) is 0 Å². The smallest absolute Gasteiger partial charge is 0.0716 e. The summed E-state index contributed by atoms with van der Waals surface area (Å²) >= 11 is 2.27. The zero-order valence-corrected chi connectivity index (χ0v) is 12.1. The fourth-order valence-corrected chi connectivity index (χ4v) is 2.04. The number of allylic oxidation sites excluding steroid dienone is 1. The van der Waals surface area contributed by atoms with E-state index in [9.17, 15) is 0 Å². The molecule has 0 fully saturated rings. The van der Waals surface area contributed by atoms with Crippen LogP contribution in [0.1, 0.15) is 24.8 Å². The lowest BCUT2D eigenvalue weighted by Crippen LogP contribution is -1.95. The second kappa shape index (κ2) is 9.62. The summed E-state index contributed by atoms with van der Waals surface area (Å²) in [7, 11) is 0. The Kier molecular flexibility index (Phi) is 8.30. The number of rotatable bonds is 8. The van der Waals surface area contributed by atoms with E-state index in [1.807, 2.05) is 24.3 Å². The van der Waals surface area contributed by atoms with Crippen LogP contribution in [0.15, 0.2) is 40.0 Å². The highest BCUT2D eigenvalue weighted by atomic mass is 127. The van der Waals surface area contributed by atoms with Crippen molar-refractivity contribution in [2.45, 2.75) is 25.9 Å². The summed E-state index contributed by atoms with van der Waals surface area (Å²) < 4.78 is 6.82. The molecule has 0 aliphatic carbocycles. The molecule has 94 valence electrons. The summed E-state index contributed by atoms with van der Waals surface area (Å²) in [5.41, 5.74) is 1.22. The Labute approximate surface area is 117 Å². The van der Waals surface area contributed by atoms with E-state index in [2.05, 4.69) is 34.7 Å². The predicted molar refractivity (Wildman–Crippen MR) is 79.1 cm³/mol. The van der Waals surface area contributed by atoms with Crippen LogP contribution >= 0.6 is 22.6 Å². The van der Waals surface area contributed by atoms with Gasteiger partial charge in [-0.15, -0.1) is 0 Å². The highest BCUT2D eigenvalue weighted by Gasteiger charge is 1.94. The molecule has 0 aliphatic rings. The SMILES string of the molecule is OC/C=C(\I)CCCCOCc1ccccc1. The van der Waals surface area contributed by atoms with E-state index in [0.29, 0.717) is 6.61 Å². The maximum atomic E-state index is 8.70. The van der Waals surface area contributed by atoms with Crippen LogP contribution in [0.2, 0.25) is 0 Å². The third kappa shape index (κ3) is 7.52. The first-order chi connectivity index (χ1) is 8.33. The first-order valence-corrected chi connectivity index (χ1v) is 6.98. The van der Waals surface area contributed by atoms with Gasteiger partial charge in [-0.25, -0.2) is 0 Å². The Morgan fingerprint density at radius 2 is 2.00 bits per heavy atom. The molecule has 17 heavy (non-hydrogen) atoms. The number of halogens is 1. The molecule has 1 aromatic carbocycles. The molecule has 1 aromatic rings. The zero-order chi connectivity index (χ0) is 12.3. The van der Waals surface area contributed by atoms with Gasteiger partial charge in [-0.3, -0.25) is 0 Å². The van der Waals surface area contributed by atoms with Crippen molar-refractivity contribution in [2.24, 2.45) is 0 Å². The summed E-state index contributed by atoms with van der Waals surface area (Å²) in [6, 6.07) is 10.2. The topological polar surface area (TPSA) is 29.5 Å². The Hall–Kier alpha value is -0.390. The Bertz CT molecular complexity index is 322. The molecule has 0 saturated carbocycles. The number of ether oxygens (including phenoxy) is 1. The third-order valence-electron chi connectivity index (χ3n) is 2.38. The van der Waals surface area contributed by atoms with Gasteiger partial charge in [0, 0.05) is 6.61 Å². The number of aliphatic hydroxyl groups is 1. The van der Waals surface area contributed by atoms with Gasteiger partial charge in [0.15, 0.2) is 0 Å². The minimum Gasteiger partial charge on any atom is -0.392 e. The van der Waals surface area contributed by atoms with E-state index in [1.54, 1.807) is 0 Å². The minimum atomic E-state index is 0.142. The van der Waals surface area contributed by atoms with Gasteiger partial charge in [-0.05, 0) is 57.1 Å². The van der Waals surface area contributed by atoms with Crippen molar-refractivity contribution in [1.82, 2.24) is 0 Å². The molecule has 0 amide bonds. The van der Waals surface area contributed by atoms with Crippen molar-refractivity contribution in [1.29, 1.82) is 0 Å². The first kappa shape index (κ1) is 14.7. The molecular formula is C14H19IO2. The molecule has 0 aromatic heterocycles. The van der Waals surface area contributed by atoms with Crippen LogP contribution in [0.4, 0.5) is 0 Å². The summed E-state index contributed by atoms with van der Waals surface area (Å²) in [4.78, 5) is 0. The van der Waals surface area contributed by atoms with Gasteiger partial charge in [-0.2, -0.15) is 0 Å². The number of hydrogen-bond acceptors (Lipinski definition) is 2. The number of aliphatic hydroxyl groups excluding tert-OH is 1. The van der Waals surface area contributed by atoms with Crippen molar-refractivity contribution in [3.63, 3.8) is 0 Å². The lowest BCUT2D eigenvalue weighted by molar-refractivity contribution is 0.117. The van der Waals surface area contributed by atoms with Gasteiger partial charge in [0.2, 0.25) is 0 Å². The Balaban J connectivity index is 2.00. The van der Waals surface area contributed by atoms with Crippen LogP contribution in [0, 0.1) is 0 Å². The fourth-order valence-electron chi connectivity index (χ4n) is 1.46. The standard InChI is InChI=1S/C14H19IO2/c15-14(9-10-16)8-4-5-11-17-12-13-6-2-1-3-7-13/h1-3,6-7,9,16H,4-5,8,10-12H2/b14-9-. The molecule has 1 N–H and O–H groups in total. The molecule has 0 radical (unpaired) electrons. The van der Waals surface area contributed by atoms with Crippen LogP contribution < -0.4 is 0 Å². The van der Waals surface area contributed by atoms with Crippen molar-refractivity contribution >= 4 is 22.6 Å². The van der Waals surface area contributed by atoms with E-state index < -0.39 is 0 Å². The van der Waals surface area contributed by atoms with Gasteiger partial charge < -0.3 is 9.84 Å². The minimum absolute atomic E-state index is 0.142. The largest absolute Gasteiger partial charge is 0.392 e. The molecule has 0 heterocycles. The van der Waals surface area contributed by atoms with E-state index in [-0.39, 0.29) is 6.61 Å². The highest BCUT2D eigenvalue weighted by molar-refractivity contribution is 14.1. The number of hydrogen-bond donors (Lipinski definition) is 1. The molecule has 2 nitrogen and oxygen atoms in total. The third-order valence-corrected chi connectivity index (χ3v) is 3.36. The molecule has 0 bridgehead atoms. The highest BCUT2D eigenvalue weighted by Crippen LogP contribution is 2.14. The van der Waals surface area contributed by atoms with Crippen LogP contribution in [0.25, 0.3) is 0 Å². The van der Waals surface area contributed by atoms with Crippen molar-refractivity contribution in [3.8, 4) is 0 Å². The van der Waals surface area contributed by atoms with E-state index in [1.165, 1.54) is 9.14 Å². The van der Waals surface area contributed by atoms with Gasteiger partial charge in [0.1, 0.15) is 0 Å². The van der Waals surface area contributed by atoms with E-state index in [4.69, 9.17) is 9.84 Å². The Morgan fingerprint density at radius 1 is 1.24 bits per heavy atom. The van der Waals surface area contributed by atoms with Gasteiger partial charge >= 0.3 is 0 Å². The van der Waals surface area contributed by atoms with Gasteiger partial charge in [0.25, 0.3) is 0 Å². The van der Waals surface area contributed by atoms with Crippen LogP contribution in [0.5, 0.6) is 0 Å². The first-order valence-electron chi connectivity index (χ1n) is 5.90. The molecule has 3 heteroatoms. The van der Waals surface area contributed by atoms with Gasteiger partial charge in [-0.1, -0.05) is 30.3 Å². The summed E-state index contributed by atoms with van der Waals surface area (Å²) in [5, 5.41) is 8.70. The molecule has 0 spiro atoms. The molecule has 0 atom stereocenters. The summed E-state index contributed by atoms with van der Waals surface area (Å²) in [5.74, 6) is 0. The lowest BCUT2D eigenvalue weighted by Gasteiger charge is -2.04. The van der Waals surface area contributed by atoms with Crippen LogP contribution in [-0.4, -0.2) is 18.3 Å². The molecule has 1 rings (SSSR count). The second-order valence-electron chi connectivity index (χ2n) is 3.83. The quantitative estimate of drug-likeness (QED) is 0.575.